The van der Waals surface area contributed by atoms with Crippen molar-refractivity contribution in [1.82, 2.24) is 0 Å². The van der Waals surface area contributed by atoms with E-state index in [-0.39, 0.29) is 5.97 Å². The largest absolute Gasteiger partial charge is 0.462 e. The molecule has 0 amide bonds. The third kappa shape index (κ3) is 5.79. The zero-order chi connectivity index (χ0) is 11.0. The van der Waals surface area contributed by atoms with Crippen molar-refractivity contribution in [2.75, 3.05) is 6.61 Å². The maximum absolute atomic E-state index is 11.3. The molecule has 0 aliphatic rings. The zero-order valence-corrected chi connectivity index (χ0v) is 9.80. The van der Waals surface area contributed by atoms with Crippen molar-refractivity contribution in [1.29, 1.82) is 0 Å². The second-order valence-electron chi connectivity index (χ2n) is 3.65. The first-order valence-electron chi connectivity index (χ1n) is 5.50. The van der Waals surface area contributed by atoms with Crippen molar-refractivity contribution in [2.24, 2.45) is 5.92 Å². The number of carbonyl (C=O) groups excluding carboxylic acids is 1. The van der Waals surface area contributed by atoms with Crippen molar-refractivity contribution in [3.8, 4) is 0 Å². The lowest BCUT2D eigenvalue weighted by molar-refractivity contribution is -0.139. The van der Waals surface area contributed by atoms with E-state index in [1.54, 1.807) is 6.08 Å². The van der Waals surface area contributed by atoms with Gasteiger partial charge in [-0.3, -0.25) is 0 Å². The summed E-state index contributed by atoms with van der Waals surface area (Å²) in [6, 6.07) is 0. The maximum atomic E-state index is 11.3. The summed E-state index contributed by atoms with van der Waals surface area (Å²) in [4.78, 5) is 11.3. The average molecular weight is 198 g/mol. The minimum absolute atomic E-state index is 0.191. The molecule has 0 rings (SSSR count). The normalized spacial score (nSPS) is 12.0. The maximum Gasteiger partial charge on any atom is 0.330 e. The van der Waals surface area contributed by atoms with Crippen LogP contribution in [0.2, 0.25) is 0 Å². The molecule has 0 N–H and O–H groups in total. The molecule has 0 heterocycles. The van der Waals surface area contributed by atoms with Gasteiger partial charge in [-0.1, -0.05) is 39.7 Å². The second-order valence-corrected chi connectivity index (χ2v) is 3.65. The molecule has 0 radical (unpaired) electrons. The average Bonchev–Trinajstić information content (AvgIpc) is 2.22. The van der Waals surface area contributed by atoms with Crippen LogP contribution in [0.15, 0.2) is 11.6 Å². The molecule has 1 atom stereocenters. The van der Waals surface area contributed by atoms with E-state index in [0.717, 1.165) is 24.8 Å². The van der Waals surface area contributed by atoms with Crippen LogP contribution >= 0.6 is 0 Å². The summed E-state index contributed by atoms with van der Waals surface area (Å²) in [7, 11) is 0. The molecule has 0 spiro atoms. The fourth-order valence-corrected chi connectivity index (χ4v) is 1.00. The van der Waals surface area contributed by atoms with E-state index >= 15 is 0 Å². The number of rotatable bonds is 6. The first-order chi connectivity index (χ1) is 6.63. The molecule has 1 unspecified atom stereocenters. The standard InChI is InChI=1S/C12H22O2/c1-5-10(4)9-14-12(13)8-11(6-2)7-3/h8,10H,5-7,9H2,1-4H3. The van der Waals surface area contributed by atoms with Crippen LogP contribution < -0.4 is 0 Å². The highest BCUT2D eigenvalue weighted by molar-refractivity contribution is 5.82. The van der Waals surface area contributed by atoms with E-state index < -0.39 is 0 Å². The Kier molecular flexibility index (Phi) is 7.17. The van der Waals surface area contributed by atoms with E-state index in [9.17, 15) is 4.79 Å². The van der Waals surface area contributed by atoms with Crippen LogP contribution in [0, 0.1) is 5.92 Å². The van der Waals surface area contributed by atoms with Crippen molar-refractivity contribution in [2.45, 2.75) is 47.0 Å². The topological polar surface area (TPSA) is 26.3 Å². The third-order valence-corrected chi connectivity index (χ3v) is 2.44. The predicted molar refractivity (Wildman–Crippen MR) is 59.1 cm³/mol. The fraction of sp³-hybridized carbons (Fsp3) is 0.750. The van der Waals surface area contributed by atoms with Crippen molar-refractivity contribution >= 4 is 5.97 Å². The smallest absolute Gasteiger partial charge is 0.330 e. The molecule has 0 bridgehead atoms. The monoisotopic (exact) mass is 198 g/mol. The summed E-state index contributed by atoms with van der Waals surface area (Å²) < 4.78 is 5.11. The summed E-state index contributed by atoms with van der Waals surface area (Å²) in [6.07, 6.45) is 4.53. The van der Waals surface area contributed by atoms with Gasteiger partial charge in [0.1, 0.15) is 0 Å². The molecule has 0 saturated carbocycles. The number of esters is 1. The van der Waals surface area contributed by atoms with Crippen LogP contribution in [0.4, 0.5) is 0 Å². The summed E-state index contributed by atoms with van der Waals surface area (Å²) >= 11 is 0. The molecule has 14 heavy (non-hydrogen) atoms. The Morgan fingerprint density at radius 2 is 1.86 bits per heavy atom. The molecule has 0 aromatic heterocycles. The second kappa shape index (κ2) is 7.60. The highest BCUT2D eigenvalue weighted by atomic mass is 16.5. The first kappa shape index (κ1) is 13.2. The van der Waals surface area contributed by atoms with Gasteiger partial charge in [-0.05, 0) is 18.8 Å². The summed E-state index contributed by atoms with van der Waals surface area (Å²) in [6.45, 7) is 8.82. The molecule has 0 saturated heterocycles. The van der Waals surface area contributed by atoms with Gasteiger partial charge in [0.25, 0.3) is 0 Å². The van der Waals surface area contributed by atoms with Gasteiger partial charge in [-0.25, -0.2) is 4.79 Å². The number of allylic oxidation sites excluding steroid dienone is 1. The van der Waals surface area contributed by atoms with E-state index in [2.05, 4.69) is 27.7 Å². The predicted octanol–water partition coefficient (Wildman–Crippen LogP) is 3.32. The van der Waals surface area contributed by atoms with Crippen LogP contribution in [0.3, 0.4) is 0 Å². The van der Waals surface area contributed by atoms with Crippen LogP contribution in [0.25, 0.3) is 0 Å². The van der Waals surface area contributed by atoms with Gasteiger partial charge in [0, 0.05) is 6.08 Å². The number of carbonyl (C=O) groups is 1. The molecule has 0 aromatic rings. The van der Waals surface area contributed by atoms with E-state index in [4.69, 9.17) is 4.74 Å². The van der Waals surface area contributed by atoms with Gasteiger partial charge in [0.2, 0.25) is 0 Å². The highest BCUT2D eigenvalue weighted by Gasteiger charge is 2.03. The van der Waals surface area contributed by atoms with Crippen molar-refractivity contribution in [3.63, 3.8) is 0 Å². The van der Waals surface area contributed by atoms with Gasteiger partial charge in [-0.2, -0.15) is 0 Å². The van der Waals surface area contributed by atoms with Gasteiger partial charge in [-0.15, -0.1) is 0 Å². The molecule has 2 heteroatoms. The van der Waals surface area contributed by atoms with Crippen LogP contribution in [0.5, 0.6) is 0 Å². The molecule has 0 aliphatic heterocycles. The Hall–Kier alpha value is -0.790. The molecule has 0 aromatic carbocycles. The van der Waals surface area contributed by atoms with Crippen molar-refractivity contribution in [3.05, 3.63) is 11.6 Å². The fourth-order valence-electron chi connectivity index (χ4n) is 1.00. The van der Waals surface area contributed by atoms with Crippen LogP contribution in [0.1, 0.15) is 47.0 Å². The SMILES string of the molecule is CCC(=CC(=O)OCC(C)CC)CC. The molecule has 0 fully saturated rings. The van der Waals surface area contributed by atoms with Gasteiger partial charge < -0.3 is 4.74 Å². The van der Waals surface area contributed by atoms with E-state index in [1.165, 1.54) is 0 Å². The molecule has 2 nitrogen and oxygen atoms in total. The summed E-state index contributed by atoms with van der Waals surface area (Å²) in [5.41, 5.74) is 1.15. The zero-order valence-electron chi connectivity index (χ0n) is 9.80. The summed E-state index contributed by atoms with van der Waals surface area (Å²) in [5, 5.41) is 0. The molecule has 82 valence electrons. The lowest BCUT2D eigenvalue weighted by Crippen LogP contribution is -2.09. The molecule has 0 aliphatic carbocycles. The van der Waals surface area contributed by atoms with E-state index in [1.807, 2.05) is 0 Å². The molecular formula is C12H22O2. The Morgan fingerprint density at radius 1 is 1.29 bits per heavy atom. The Balaban J connectivity index is 3.90. The highest BCUT2D eigenvalue weighted by Crippen LogP contribution is 2.06. The van der Waals surface area contributed by atoms with Gasteiger partial charge in [0.15, 0.2) is 0 Å². The lowest BCUT2D eigenvalue weighted by atomic mass is 10.1. The van der Waals surface area contributed by atoms with E-state index in [0.29, 0.717) is 12.5 Å². The van der Waals surface area contributed by atoms with Gasteiger partial charge in [0.05, 0.1) is 6.61 Å². The van der Waals surface area contributed by atoms with Gasteiger partial charge >= 0.3 is 5.97 Å². The Morgan fingerprint density at radius 3 is 2.29 bits per heavy atom. The Bertz CT molecular complexity index is 188. The molecular weight excluding hydrogens is 176 g/mol. The lowest BCUT2D eigenvalue weighted by Gasteiger charge is -2.08. The Labute approximate surface area is 87.3 Å². The first-order valence-corrected chi connectivity index (χ1v) is 5.50. The quantitative estimate of drug-likeness (QED) is 0.483. The van der Waals surface area contributed by atoms with Crippen molar-refractivity contribution < 1.29 is 9.53 Å². The van der Waals surface area contributed by atoms with Crippen LogP contribution in [-0.4, -0.2) is 12.6 Å². The number of ether oxygens (including phenoxy) is 1. The minimum atomic E-state index is -0.191. The van der Waals surface area contributed by atoms with Crippen LogP contribution in [-0.2, 0) is 9.53 Å². The summed E-state index contributed by atoms with van der Waals surface area (Å²) in [5.74, 6) is 0.267. The third-order valence-electron chi connectivity index (χ3n) is 2.44. The minimum Gasteiger partial charge on any atom is -0.462 e. The number of hydrogen-bond acceptors (Lipinski definition) is 2. The number of hydrogen-bond donors (Lipinski definition) is 0.